The van der Waals surface area contributed by atoms with E-state index in [-0.39, 0.29) is 19.1 Å². The van der Waals surface area contributed by atoms with Gasteiger partial charge >= 0.3 is 0 Å². The molecule has 0 aliphatic carbocycles. The van der Waals surface area contributed by atoms with Crippen LogP contribution in [0.5, 0.6) is 5.88 Å². The van der Waals surface area contributed by atoms with E-state index < -0.39 is 5.60 Å². The molecule has 3 aliphatic heterocycles. The maximum absolute atomic E-state index is 11.1. The molecule has 2 N–H and O–H groups in total. The van der Waals surface area contributed by atoms with Gasteiger partial charge in [0.15, 0.2) is 0 Å². The van der Waals surface area contributed by atoms with Crippen molar-refractivity contribution in [2.75, 3.05) is 32.8 Å². The molecule has 3 fully saturated rings. The lowest BCUT2D eigenvalue weighted by Crippen LogP contribution is -2.58. The zero-order valence-corrected chi connectivity index (χ0v) is 16.0. The van der Waals surface area contributed by atoms with Gasteiger partial charge in [0.05, 0.1) is 12.3 Å². The van der Waals surface area contributed by atoms with Crippen molar-refractivity contribution in [2.24, 2.45) is 5.92 Å². The zero-order valence-electron chi connectivity index (χ0n) is 16.0. The maximum Gasteiger partial charge on any atom is 0.213 e. The lowest BCUT2D eigenvalue weighted by Gasteiger charge is -2.47. The molecule has 1 atom stereocenters. The number of aliphatic hydroxyl groups excluding tert-OH is 1. The number of fused-ring (bicyclic) bond motifs is 3. The highest BCUT2D eigenvalue weighted by atomic mass is 16.5. The van der Waals surface area contributed by atoms with Gasteiger partial charge in [0.25, 0.3) is 0 Å². The number of pyridine rings is 1. The van der Waals surface area contributed by atoms with Crippen LogP contribution in [0.25, 0.3) is 0 Å². The summed E-state index contributed by atoms with van der Waals surface area (Å²) in [6, 6.07) is 13.8. The molecule has 0 amide bonds. The van der Waals surface area contributed by atoms with Crippen LogP contribution in [0.2, 0.25) is 0 Å². The largest absolute Gasteiger partial charge is 0.475 e. The van der Waals surface area contributed by atoms with E-state index in [1.807, 2.05) is 24.3 Å². The minimum atomic E-state index is -0.938. The Kier molecular flexibility index (Phi) is 5.63. The topological polar surface area (TPSA) is 65.8 Å². The lowest BCUT2D eigenvalue weighted by atomic mass is 9.75. The van der Waals surface area contributed by atoms with E-state index in [1.54, 1.807) is 6.07 Å². The van der Waals surface area contributed by atoms with E-state index in [9.17, 15) is 5.11 Å². The number of hydrogen-bond donors (Lipinski definition) is 2. The van der Waals surface area contributed by atoms with Crippen molar-refractivity contribution in [3.8, 4) is 17.7 Å². The van der Waals surface area contributed by atoms with Crippen LogP contribution in [-0.4, -0.2) is 58.5 Å². The fraction of sp³-hybridized carbons (Fsp3) is 0.435. The van der Waals surface area contributed by atoms with Gasteiger partial charge < -0.3 is 14.9 Å². The highest BCUT2D eigenvalue weighted by molar-refractivity contribution is 5.44. The molecular formula is C23H26N2O3. The first-order valence-corrected chi connectivity index (χ1v) is 9.92. The third-order valence-corrected chi connectivity index (χ3v) is 5.65. The van der Waals surface area contributed by atoms with Crippen molar-refractivity contribution < 1.29 is 14.9 Å². The first kappa shape index (κ1) is 18.9. The molecule has 28 heavy (non-hydrogen) atoms. The molecule has 5 rings (SSSR count). The average molecular weight is 378 g/mol. The van der Waals surface area contributed by atoms with Crippen LogP contribution in [0.15, 0.2) is 42.5 Å². The minimum absolute atomic E-state index is 0.0534. The molecule has 5 nitrogen and oxygen atoms in total. The number of nitrogens with zero attached hydrogens (tertiary/aromatic N) is 2. The summed E-state index contributed by atoms with van der Waals surface area (Å²) in [6.45, 7) is 2.91. The van der Waals surface area contributed by atoms with Crippen molar-refractivity contribution in [1.29, 1.82) is 0 Å². The van der Waals surface area contributed by atoms with Gasteiger partial charge in [0.2, 0.25) is 5.88 Å². The van der Waals surface area contributed by atoms with Gasteiger partial charge in [-0.25, -0.2) is 4.98 Å². The zero-order chi connectivity index (χ0) is 19.4. The molecule has 5 heteroatoms. The van der Waals surface area contributed by atoms with Crippen LogP contribution in [0, 0.1) is 17.8 Å². The molecule has 1 aromatic heterocycles. The van der Waals surface area contributed by atoms with E-state index in [0.717, 1.165) is 42.8 Å². The fourth-order valence-electron chi connectivity index (χ4n) is 4.11. The quantitative estimate of drug-likeness (QED) is 0.778. The molecule has 0 saturated carbocycles. The maximum atomic E-state index is 11.1. The molecule has 0 radical (unpaired) electrons. The van der Waals surface area contributed by atoms with Crippen LogP contribution >= 0.6 is 0 Å². The first-order valence-electron chi connectivity index (χ1n) is 9.92. The first-order chi connectivity index (χ1) is 13.7. The highest BCUT2D eigenvalue weighted by Gasteiger charge is 2.44. The third kappa shape index (κ3) is 4.20. The molecule has 2 bridgehead atoms. The Balaban J connectivity index is 1.62. The Morgan fingerprint density at radius 3 is 2.61 bits per heavy atom. The molecule has 3 aliphatic rings. The Bertz CT molecular complexity index is 866. The average Bonchev–Trinajstić information content (AvgIpc) is 2.73. The summed E-state index contributed by atoms with van der Waals surface area (Å²) in [7, 11) is 0. The number of aromatic nitrogens is 1. The summed E-state index contributed by atoms with van der Waals surface area (Å²) < 4.78 is 5.48. The second-order valence-corrected chi connectivity index (χ2v) is 7.60. The molecule has 1 aromatic carbocycles. The van der Waals surface area contributed by atoms with Crippen LogP contribution in [0.1, 0.15) is 29.7 Å². The molecule has 2 aromatic rings. The summed E-state index contributed by atoms with van der Waals surface area (Å²) in [5.74, 6) is 7.13. The summed E-state index contributed by atoms with van der Waals surface area (Å²) in [5.41, 5.74) is 1.83. The number of hydrogen-bond acceptors (Lipinski definition) is 5. The lowest BCUT2D eigenvalue weighted by molar-refractivity contribution is -0.0713. The van der Waals surface area contributed by atoms with Crippen molar-refractivity contribution in [3.05, 3.63) is 59.3 Å². The summed E-state index contributed by atoms with van der Waals surface area (Å²) in [6.07, 6.45) is 2.65. The SMILES string of the molecule is OCCOc1ccc(C#CC2(O)CN3CCC2CC3)c(Cc2ccccc2)n1. The van der Waals surface area contributed by atoms with Crippen molar-refractivity contribution in [3.63, 3.8) is 0 Å². The molecule has 0 spiro atoms. The predicted octanol–water partition coefficient (Wildman–Crippen LogP) is 1.85. The molecular weight excluding hydrogens is 352 g/mol. The second-order valence-electron chi connectivity index (χ2n) is 7.60. The van der Waals surface area contributed by atoms with Crippen molar-refractivity contribution in [2.45, 2.75) is 24.9 Å². The van der Waals surface area contributed by atoms with Crippen LogP contribution in [0.4, 0.5) is 0 Å². The van der Waals surface area contributed by atoms with E-state index in [2.05, 4.69) is 33.9 Å². The van der Waals surface area contributed by atoms with Gasteiger partial charge in [0, 0.05) is 30.5 Å². The highest BCUT2D eigenvalue weighted by Crippen LogP contribution is 2.35. The van der Waals surface area contributed by atoms with Crippen molar-refractivity contribution >= 4 is 0 Å². The molecule has 146 valence electrons. The summed E-state index contributed by atoms with van der Waals surface area (Å²) in [4.78, 5) is 6.91. The molecule has 4 heterocycles. The Morgan fingerprint density at radius 1 is 1.14 bits per heavy atom. The number of rotatable bonds is 5. The van der Waals surface area contributed by atoms with Gasteiger partial charge in [-0.1, -0.05) is 42.2 Å². The van der Waals surface area contributed by atoms with E-state index in [1.165, 1.54) is 0 Å². The second kappa shape index (κ2) is 8.32. The normalized spacial score (nSPS) is 25.8. The van der Waals surface area contributed by atoms with Gasteiger partial charge in [-0.3, -0.25) is 4.90 Å². The van der Waals surface area contributed by atoms with E-state index >= 15 is 0 Å². The number of ether oxygens (including phenoxy) is 1. The number of benzene rings is 1. The van der Waals surface area contributed by atoms with Crippen LogP contribution in [0.3, 0.4) is 0 Å². The Labute approximate surface area is 166 Å². The van der Waals surface area contributed by atoms with Crippen LogP contribution in [-0.2, 0) is 6.42 Å². The number of aliphatic hydroxyl groups is 2. The fourth-order valence-corrected chi connectivity index (χ4v) is 4.11. The van der Waals surface area contributed by atoms with Crippen molar-refractivity contribution in [1.82, 2.24) is 9.88 Å². The molecule has 3 saturated heterocycles. The Morgan fingerprint density at radius 2 is 1.93 bits per heavy atom. The van der Waals surface area contributed by atoms with E-state index in [0.29, 0.717) is 18.8 Å². The third-order valence-electron chi connectivity index (χ3n) is 5.65. The standard InChI is InChI=1S/C23H26N2O3/c26-14-15-28-22-7-6-19(21(24-22)16-18-4-2-1-3-5-18)8-11-23(27)17-25-12-9-20(23)10-13-25/h1-7,20,26-27H,9-10,12-17H2. The van der Waals surface area contributed by atoms with Crippen LogP contribution < -0.4 is 4.74 Å². The predicted molar refractivity (Wildman–Crippen MR) is 107 cm³/mol. The number of piperidine rings is 3. The Hall–Kier alpha value is -2.39. The van der Waals surface area contributed by atoms with Gasteiger partial charge in [-0.15, -0.1) is 0 Å². The monoisotopic (exact) mass is 378 g/mol. The summed E-state index contributed by atoms with van der Waals surface area (Å²) >= 11 is 0. The summed E-state index contributed by atoms with van der Waals surface area (Å²) in [5, 5.41) is 20.1. The van der Waals surface area contributed by atoms with Gasteiger partial charge in [0.1, 0.15) is 12.2 Å². The molecule has 1 unspecified atom stereocenters. The van der Waals surface area contributed by atoms with Gasteiger partial charge in [-0.2, -0.15) is 0 Å². The van der Waals surface area contributed by atoms with E-state index in [4.69, 9.17) is 9.84 Å². The van der Waals surface area contributed by atoms with Gasteiger partial charge in [-0.05, 0) is 37.6 Å². The minimum Gasteiger partial charge on any atom is -0.475 e. The smallest absolute Gasteiger partial charge is 0.213 e.